The number of thioether (sulfide) groups is 2. The van der Waals surface area contributed by atoms with Crippen LogP contribution < -0.4 is 0 Å². The molecule has 6 aromatic rings. The van der Waals surface area contributed by atoms with Crippen LogP contribution in [0.1, 0.15) is 22.8 Å². The number of hydrogen-bond acceptors (Lipinski definition) is 6. The molecule has 0 spiro atoms. The largest absolute Gasteiger partial charge is 0.274 e. The molecule has 0 radical (unpaired) electrons. The Labute approximate surface area is 260 Å². The average molecular weight is 599 g/mol. The molecule has 0 saturated carbocycles. The molecular weight excluding hydrogens is 569 g/mol. The molecule has 0 aliphatic heterocycles. The number of rotatable bonds is 12. The van der Waals surface area contributed by atoms with Crippen LogP contribution in [-0.2, 0) is 6.42 Å². The van der Waals surface area contributed by atoms with Crippen LogP contribution in [0.2, 0.25) is 0 Å². The molecule has 2 aromatic heterocycles. The van der Waals surface area contributed by atoms with Gasteiger partial charge in [0.05, 0.1) is 6.42 Å². The third kappa shape index (κ3) is 7.41. The number of hydrogen-bond donors (Lipinski definition) is 0. The van der Waals surface area contributed by atoms with Crippen LogP contribution in [0.25, 0.3) is 23.5 Å². The highest BCUT2D eigenvalue weighted by Gasteiger charge is 2.20. The van der Waals surface area contributed by atoms with Crippen molar-refractivity contribution in [3.8, 4) is 11.4 Å². The first-order valence-corrected chi connectivity index (χ1v) is 16.0. The molecule has 0 unspecified atom stereocenters. The Bertz CT molecular complexity index is 1650. The van der Waals surface area contributed by atoms with E-state index < -0.39 is 0 Å². The molecule has 0 aliphatic rings. The van der Waals surface area contributed by atoms with Crippen LogP contribution in [0.4, 0.5) is 0 Å². The van der Waals surface area contributed by atoms with Gasteiger partial charge in [-0.2, -0.15) is 0 Å². The van der Waals surface area contributed by atoms with E-state index in [-0.39, 0.29) is 0 Å². The predicted octanol–water partition coefficient (Wildman–Crippen LogP) is 8.05. The van der Waals surface area contributed by atoms with Gasteiger partial charge in [0, 0.05) is 22.9 Å². The highest BCUT2D eigenvalue weighted by Crippen LogP contribution is 2.27. The van der Waals surface area contributed by atoms with Crippen molar-refractivity contribution in [2.24, 2.45) is 0 Å². The quantitative estimate of drug-likeness (QED) is 0.133. The predicted molar refractivity (Wildman–Crippen MR) is 178 cm³/mol. The molecule has 4 aromatic carbocycles. The van der Waals surface area contributed by atoms with Crippen molar-refractivity contribution >= 4 is 35.7 Å². The van der Waals surface area contributed by atoms with E-state index in [0.717, 1.165) is 44.8 Å². The highest BCUT2D eigenvalue weighted by atomic mass is 32.2. The normalized spacial score (nSPS) is 11.5. The van der Waals surface area contributed by atoms with Crippen LogP contribution in [0.5, 0.6) is 0 Å². The first-order valence-electron chi connectivity index (χ1n) is 14.0. The lowest BCUT2D eigenvalue weighted by molar-refractivity contribution is 0.792. The van der Waals surface area contributed by atoms with Gasteiger partial charge in [-0.05, 0) is 35.4 Å². The van der Waals surface area contributed by atoms with E-state index in [0.29, 0.717) is 6.42 Å². The van der Waals surface area contributed by atoms with Crippen molar-refractivity contribution in [3.63, 3.8) is 0 Å². The van der Waals surface area contributed by atoms with E-state index in [1.165, 1.54) is 11.1 Å². The Hall–Kier alpha value is -4.66. The van der Waals surface area contributed by atoms with Crippen molar-refractivity contribution in [3.05, 3.63) is 156 Å². The summed E-state index contributed by atoms with van der Waals surface area (Å²) in [6, 6.07) is 41.1. The number of aromatic nitrogens is 6. The van der Waals surface area contributed by atoms with E-state index in [1.54, 1.807) is 23.5 Å². The van der Waals surface area contributed by atoms with E-state index in [4.69, 9.17) is 0 Å². The van der Waals surface area contributed by atoms with E-state index >= 15 is 0 Å². The van der Waals surface area contributed by atoms with Gasteiger partial charge in [-0.15, -0.1) is 20.4 Å². The summed E-state index contributed by atoms with van der Waals surface area (Å²) in [5.41, 5.74) is 4.39. The minimum Gasteiger partial charge on any atom is -0.274 e. The van der Waals surface area contributed by atoms with E-state index in [9.17, 15) is 0 Å². The van der Waals surface area contributed by atoms with Crippen LogP contribution >= 0.6 is 23.5 Å². The van der Waals surface area contributed by atoms with Gasteiger partial charge in [0.2, 0.25) is 0 Å². The number of nitrogens with zero attached hydrogens (tertiary/aromatic N) is 6. The lowest BCUT2D eigenvalue weighted by Gasteiger charge is -2.12. The fraction of sp³-hybridized carbons (Fsp3) is 0.0857. The molecule has 0 fully saturated rings. The van der Waals surface area contributed by atoms with Crippen molar-refractivity contribution < 1.29 is 0 Å². The maximum atomic E-state index is 4.65. The molecule has 43 heavy (non-hydrogen) atoms. The van der Waals surface area contributed by atoms with Gasteiger partial charge in [-0.25, -0.2) is 0 Å². The highest BCUT2D eigenvalue weighted by molar-refractivity contribution is 7.99. The Kier molecular flexibility index (Phi) is 9.59. The standard InChI is InChI=1S/C35H30N6S2/c1-5-15-28(16-6-1)19-13-25-42-34-38-36-32(40(34)30-21-9-3-10-22-30)27-33-37-39-35(41(33)31-23-11-4-12-24-31)43-26-14-20-29-17-7-2-8-18-29/h1-24H,25-27H2/b19-13+,20-14+. The zero-order valence-electron chi connectivity index (χ0n) is 23.5. The summed E-state index contributed by atoms with van der Waals surface area (Å²) in [4.78, 5) is 0. The van der Waals surface area contributed by atoms with Gasteiger partial charge < -0.3 is 0 Å². The second-order valence-electron chi connectivity index (χ2n) is 9.56. The van der Waals surface area contributed by atoms with Crippen LogP contribution in [0.15, 0.2) is 144 Å². The summed E-state index contributed by atoms with van der Waals surface area (Å²) in [7, 11) is 0. The van der Waals surface area contributed by atoms with Gasteiger partial charge in [0.15, 0.2) is 10.3 Å². The molecule has 0 saturated heterocycles. The summed E-state index contributed by atoms with van der Waals surface area (Å²) >= 11 is 3.32. The van der Waals surface area contributed by atoms with Crippen molar-refractivity contribution in [2.75, 3.05) is 11.5 Å². The van der Waals surface area contributed by atoms with Crippen molar-refractivity contribution in [1.82, 2.24) is 29.5 Å². The molecule has 6 nitrogen and oxygen atoms in total. The number of para-hydroxylation sites is 2. The lowest BCUT2D eigenvalue weighted by Crippen LogP contribution is -2.08. The Morgan fingerprint density at radius 3 is 1.23 bits per heavy atom. The van der Waals surface area contributed by atoms with E-state index in [2.05, 4.69) is 102 Å². The van der Waals surface area contributed by atoms with Crippen LogP contribution in [0, 0.1) is 0 Å². The molecular formula is C35H30N6S2. The second kappa shape index (κ2) is 14.5. The zero-order valence-corrected chi connectivity index (χ0v) is 25.1. The Balaban J connectivity index is 1.26. The minimum atomic E-state index is 0.477. The minimum absolute atomic E-state index is 0.477. The maximum Gasteiger partial charge on any atom is 0.196 e. The Morgan fingerprint density at radius 1 is 0.465 bits per heavy atom. The lowest BCUT2D eigenvalue weighted by atomic mass is 10.2. The summed E-state index contributed by atoms with van der Waals surface area (Å²) in [5.74, 6) is 3.17. The molecule has 6 rings (SSSR count). The molecule has 0 atom stereocenters. The first kappa shape index (κ1) is 28.5. The van der Waals surface area contributed by atoms with Crippen LogP contribution in [0.3, 0.4) is 0 Å². The number of benzene rings is 4. The molecule has 2 heterocycles. The van der Waals surface area contributed by atoms with Crippen molar-refractivity contribution in [1.29, 1.82) is 0 Å². The first-order chi connectivity index (χ1) is 21.3. The zero-order chi connectivity index (χ0) is 29.1. The monoisotopic (exact) mass is 598 g/mol. The molecule has 0 bridgehead atoms. The summed E-state index contributed by atoms with van der Waals surface area (Å²) in [5, 5.41) is 20.2. The molecule has 8 heteroatoms. The van der Waals surface area contributed by atoms with Gasteiger partial charge in [-0.1, -0.05) is 145 Å². The Morgan fingerprint density at radius 2 is 0.837 bits per heavy atom. The molecule has 212 valence electrons. The SMILES string of the molecule is C(=C\c1ccccc1)/CSc1nnc(Cc2nnc(SC/C=C/c3ccccc3)n2-c2ccccc2)n1-c1ccccc1. The third-order valence-electron chi connectivity index (χ3n) is 6.58. The molecule has 0 amide bonds. The topological polar surface area (TPSA) is 61.4 Å². The van der Waals surface area contributed by atoms with Gasteiger partial charge in [-0.3, -0.25) is 9.13 Å². The summed E-state index contributed by atoms with van der Waals surface area (Å²) < 4.78 is 4.25. The van der Waals surface area contributed by atoms with Gasteiger partial charge in [0.25, 0.3) is 0 Å². The average Bonchev–Trinajstić information content (AvgIpc) is 3.67. The molecule has 0 aliphatic carbocycles. The van der Waals surface area contributed by atoms with Crippen LogP contribution in [-0.4, -0.2) is 41.0 Å². The molecule has 0 N–H and O–H groups in total. The summed E-state index contributed by atoms with van der Waals surface area (Å²) in [6.07, 6.45) is 9.06. The smallest absolute Gasteiger partial charge is 0.196 e. The van der Waals surface area contributed by atoms with Crippen molar-refractivity contribution in [2.45, 2.75) is 16.7 Å². The van der Waals surface area contributed by atoms with E-state index in [1.807, 2.05) is 72.8 Å². The fourth-order valence-electron chi connectivity index (χ4n) is 4.57. The van der Waals surface area contributed by atoms with Gasteiger partial charge in [0.1, 0.15) is 11.6 Å². The maximum absolute atomic E-state index is 4.65. The van der Waals surface area contributed by atoms with Gasteiger partial charge >= 0.3 is 0 Å². The second-order valence-corrected chi connectivity index (χ2v) is 11.5. The summed E-state index contributed by atoms with van der Waals surface area (Å²) in [6.45, 7) is 0. The third-order valence-corrected chi connectivity index (χ3v) is 8.35. The fourth-order valence-corrected chi connectivity index (χ4v) is 6.13.